The fraction of sp³-hybridized carbons (Fsp3) is 0.462. The number of rotatable bonds is 5. The molecule has 5 heteroatoms. The van der Waals surface area contributed by atoms with E-state index in [0.29, 0.717) is 23.9 Å². The summed E-state index contributed by atoms with van der Waals surface area (Å²) in [5.41, 5.74) is 6.47. The molecule has 1 aliphatic heterocycles. The lowest BCUT2D eigenvalue weighted by atomic mass is 10.1. The van der Waals surface area contributed by atoms with Gasteiger partial charge in [-0.25, -0.2) is 4.39 Å². The zero-order chi connectivity index (χ0) is 13.0. The summed E-state index contributed by atoms with van der Waals surface area (Å²) in [6.45, 7) is 1.55. The zero-order valence-electron chi connectivity index (χ0n) is 10.1. The molecule has 1 saturated heterocycles. The minimum Gasteiger partial charge on any atom is -0.389 e. The molecule has 1 fully saturated rings. The highest BCUT2D eigenvalue weighted by atomic mass is 32.1. The summed E-state index contributed by atoms with van der Waals surface area (Å²) in [6, 6.07) is 4.75. The Hall–Kier alpha value is -1.20. The molecular formula is C13H17FN2OS. The summed E-state index contributed by atoms with van der Waals surface area (Å²) in [5, 5.41) is 3.07. The first-order valence-corrected chi connectivity index (χ1v) is 6.52. The molecule has 1 aromatic carbocycles. The van der Waals surface area contributed by atoms with Crippen molar-refractivity contribution in [3.63, 3.8) is 0 Å². The van der Waals surface area contributed by atoms with Crippen LogP contribution in [0.5, 0.6) is 0 Å². The van der Waals surface area contributed by atoms with Crippen LogP contribution >= 0.6 is 12.2 Å². The van der Waals surface area contributed by atoms with E-state index in [1.807, 2.05) is 0 Å². The maximum absolute atomic E-state index is 13.7. The third-order valence-corrected chi connectivity index (χ3v) is 3.30. The highest BCUT2D eigenvalue weighted by Gasteiger charge is 2.14. The highest BCUT2D eigenvalue weighted by Crippen LogP contribution is 2.18. The molecule has 1 aliphatic rings. The van der Waals surface area contributed by atoms with Gasteiger partial charge in [0.2, 0.25) is 0 Å². The third-order valence-electron chi connectivity index (χ3n) is 3.06. The average Bonchev–Trinajstić information content (AvgIpc) is 2.84. The summed E-state index contributed by atoms with van der Waals surface area (Å²) in [4.78, 5) is 0.208. The molecule has 1 heterocycles. The monoisotopic (exact) mass is 268 g/mol. The van der Waals surface area contributed by atoms with Gasteiger partial charge in [-0.1, -0.05) is 12.2 Å². The molecule has 0 radical (unpaired) electrons. The number of ether oxygens (including phenoxy) is 1. The molecule has 1 aromatic rings. The van der Waals surface area contributed by atoms with Crippen molar-refractivity contribution in [1.29, 1.82) is 0 Å². The van der Waals surface area contributed by atoms with Crippen LogP contribution in [0.4, 0.5) is 10.1 Å². The second kappa shape index (κ2) is 6.11. The highest BCUT2D eigenvalue weighted by molar-refractivity contribution is 7.80. The molecular weight excluding hydrogens is 251 g/mol. The maximum Gasteiger partial charge on any atom is 0.146 e. The van der Waals surface area contributed by atoms with Crippen molar-refractivity contribution in [2.45, 2.75) is 25.4 Å². The number of nitrogens with two attached hydrogens (primary N) is 1. The summed E-state index contributed by atoms with van der Waals surface area (Å²) in [7, 11) is 0. The standard InChI is InChI=1S/C13H17FN2OS/c14-11-8-9(13(15)18)3-4-12(11)16-6-5-10-2-1-7-17-10/h3-4,8,10,16H,1-2,5-7H2,(H2,15,18). The van der Waals surface area contributed by atoms with Gasteiger partial charge in [0.1, 0.15) is 10.8 Å². The number of hydrogen-bond acceptors (Lipinski definition) is 3. The van der Waals surface area contributed by atoms with Crippen LogP contribution in [0.15, 0.2) is 18.2 Å². The van der Waals surface area contributed by atoms with Crippen LogP contribution in [0.3, 0.4) is 0 Å². The summed E-state index contributed by atoms with van der Waals surface area (Å²) in [5.74, 6) is -0.326. The number of nitrogens with one attached hydrogen (secondary N) is 1. The minimum atomic E-state index is -0.326. The lowest BCUT2D eigenvalue weighted by Crippen LogP contribution is -2.14. The quantitative estimate of drug-likeness (QED) is 0.805. The van der Waals surface area contributed by atoms with Gasteiger partial charge in [-0.05, 0) is 37.5 Å². The Morgan fingerprint density at radius 3 is 3.00 bits per heavy atom. The Morgan fingerprint density at radius 2 is 2.39 bits per heavy atom. The molecule has 0 amide bonds. The molecule has 0 aliphatic carbocycles. The SMILES string of the molecule is NC(=S)c1ccc(NCCC2CCCO2)c(F)c1. The fourth-order valence-corrected chi connectivity index (χ4v) is 2.18. The zero-order valence-corrected chi connectivity index (χ0v) is 10.9. The molecule has 3 N–H and O–H groups in total. The maximum atomic E-state index is 13.7. The Morgan fingerprint density at radius 1 is 1.56 bits per heavy atom. The van der Waals surface area contributed by atoms with Crippen molar-refractivity contribution in [3.8, 4) is 0 Å². The predicted octanol–water partition coefficient (Wildman–Crippen LogP) is 2.44. The van der Waals surface area contributed by atoms with Gasteiger partial charge in [0.25, 0.3) is 0 Å². The van der Waals surface area contributed by atoms with E-state index in [9.17, 15) is 4.39 Å². The van der Waals surface area contributed by atoms with Crippen LogP contribution in [0.25, 0.3) is 0 Å². The summed E-state index contributed by atoms with van der Waals surface area (Å²) >= 11 is 4.80. The van der Waals surface area contributed by atoms with Crippen molar-refractivity contribution in [1.82, 2.24) is 0 Å². The van der Waals surface area contributed by atoms with Crippen molar-refractivity contribution in [2.75, 3.05) is 18.5 Å². The first-order valence-electron chi connectivity index (χ1n) is 6.11. The molecule has 3 nitrogen and oxygen atoms in total. The Kier molecular flexibility index (Phi) is 4.49. The van der Waals surface area contributed by atoms with Gasteiger partial charge < -0.3 is 15.8 Å². The van der Waals surface area contributed by atoms with Gasteiger partial charge >= 0.3 is 0 Å². The molecule has 0 bridgehead atoms. The van der Waals surface area contributed by atoms with Gasteiger partial charge in [-0.3, -0.25) is 0 Å². The molecule has 0 saturated carbocycles. The Balaban J connectivity index is 1.87. The van der Waals surface area contributed by atoms with Crippen LogP contribution in [-0.4, -0.2) is 24.2 Å². The first kappa shape index (κ1) is 13.2. The van der Waals surface area contributed by atoms with Crippen LogP contribution in [0.1, 0.15) is 24.8 Å². The molecule has 0 aromatic heterocycles. The van der Waals surface area contributed by atoms with E-state index in [4.69, 9.17) is 22.7 Å². The van der Waals surface area contributed by atoms with Gasteiger partial charge in [-0.2, -0.15) is 0 Å². The fourth-order valence-electron chi connectivity index (χ4n) is 2.05. The van der Waals surface area contributed by atoms with Gasteiger partial charge in [0.05, 0.1) is 11.8 Å². The summed E-state index contributed by atoms with van der Waals surface area (Å²) in [6.07, 6.45) is 3.44. The lowest BCUT2D eigenvalue weighted by molar-refractivity contribution is 0.107. The van der Waals surface area contributed by atoms with Crippen LogP contribution in [-0.2, 0) is 4.74 Å². The van der Waals surface area contributed by atoms with E-state index >= 15 is 0 Å². The molecule has 1 atom stereocenters. The van der Waals surface area contributed by atoms with Crippen LogP contribution in [0, 0.1) is 5.82 Å². The first-order chi connectivity index (χ1) is 8.66. The summed E-state index contributed by atoms with van der Waals surface area (Å²) < 4.78 is 19.2. The van der Waals surface area contributed by atoms with E-state index in [1.165, 1.54) is 6.07 Å². The third kappa shape index (κ3) is 3.40. The van der Waals surface area contributed by atoms with Crippen molar-refractivity contribution in [3.05, 3.63) is 29.6 Å². The second-order valence-electron chi connectivity index (χ2n) is 4.41. The Bertz CT molecular complexity index is 433. The van der Waals surface area contributed by atoms with E-state index < -0.39 is 0 Å². The number of thiocarbonyl (C=S) groups is 1. The van der Waals surface area contributed by atoms with Crippen molar-refractivity contribution < 1.29 is 9.13 Å². The second-order valence-corrected chi connectivity index (χ2v) is 4.85. The molecule has 1 unspecified atom stereocenters. The van der Waals surface area contributed by atoms with Gasteiger partial charge in [0.15, 0.2) is 0 Å². The van der Waals surface area contributed by atoms with E-state index in [1.54, 1.807) is 12.1 Å². The molecule has 98 valence electrons. The van der Waals surface area contributed by atoms with Crippen molar-refractivity contribution >= 4 is 22.9 Å². The number of halogens is 1. The number of anilines is 1. The average molecular weight is 268 g/mol. The minimum absolute atomic E-state index is 0.208. The Labute approximate surface area is 112 Å². The van der Waals surface area contributed by atoms with Crippen LogP contribution < -0.4 is 11.1 Å². The molecule has 18 heavy (non-hydrogen) atoms. The number of benzene rings is 1. The van der Waals surface area contributed by atoms with E-state index in [-0.39, 0.29) is 10.8 Å². The molecule has 0 spiro atoms. The smallest absolute Gasteiger partial charge is 0.146 e. The lowest BCUT2D eigenvalue weighted by Gasteiger charge is -2.12. The van der Waals surface area contributed by atoms with Crippen molar-refractivity contribution in [2.24, 2.45) is 5.73 Å². The topological polar surface area (TPSA) is 47.3 Å². The van der Waals surface area contributed by atoms with Gasteiger partial charge in [-0.15, -0.1) is 0 Å². The van der Waals surface area contributed by atoms with E-state index in [2.05, 4.69) is 5.32 Å². The van der Waals surface area contributed by atoms with Gasteiger partial charge in [0, 0.05) is 18.7 Å². The predicted molar refractivity (Wildman–Crippen MR) is 74.4 cm³/mol. The van der Waals surface area contributed by atoms with Crippen LogP contribution in [0.2, 0.25) is 0 Å². The molecule has 2 rings (SSSR count). The normalized spacial score (nSPS) is 18.8. The number of hydrogen-bond donors (Lipinski definition) is 2. The largest absolute Gasteiger partial charge is 0.389 e. The van der Waals surface area contributed by atoms with E-state index in [0.717, 1.165) is 25.9 Å².